The zero-order valence-corrected chi connectivity index (χ0v) is 20.1. The van der Waals surface area contributed by atoms with E-state index >= 15 is 0 Å². The topological polar surface area (TPSA) is 63.5 Å². The van der Waals surface area contributed by atoms with E-state index in [9.17, 15) is 4.79 Å². The highest BCUT2D eigenvalue weighted by molar-refractivity contribution is 7.99. The Morgan fingerprint density at radius 1 is 1.06 bits per heavy atom. The molecule has 8 heteroatoms. The number of aromatic nitrogens is 3. The molecule has 4 heterocycles. The summed E-state index contributed by atoms with van der Waals surface area (Å²) in [6.45, 7) is 8.20. The Morgan fingerprint density at radius 2 is 1.79 bits per heavy atom. The van der Waals surface area contributed by atoms with Gasteiger partial charge < -0.3 is 19.1 Å². The number of benzene rings is 1. The van der Waals surface area contributed by atoms with Gasteiger partial charge >= 0.3 is 0 Å². The van der Waals surface area contributed by atoms with Crippen molar-refractivity contribution in [1.82, 2.24) is 24.3 Å². The molecule has 1 aromatic carbocycles. The fraction of sp³-hybridized carbons (Fsp3) is 0.480. The minimum absolute atomic E-state index is 0.0545. The molecule has 2 saturated heterocycles. The van der Waals surface area contributed by atoms with Gasteiger partial charge in [-0.05, 0) is 51.0 Å². The first-order valence-corrected chi connectivity index (χ1v) is 12.9. The standard InChI is InChI=1S/C25H31N5O2S/c1-18(2)28-7-5-21(6-8-28)32-22-3-4-23-19(13-22)14-24(25(31)29-9-11-33-12-10-29)30(23)20-15-26-17-27-16-20/h3-4,13-18,21H,5-12H2,1-2H3. The normalized spacial score (nSPS) is 18.2. The monoisotopic (exact) mass is 465 g/mol. The molecule has 2 aliphatic rings. The number of nitrogens with zero attached hydrogens (tertiary/aromatic N) is 5. The van der Waals surface area contributed by atoms with Gasteiger partial charge in [0.15, 0.2) is 0 Å². The number of fused-ring (bicyclic) bond motifs is 1. The minimum Gasteiger partial charge on any atom is -0.490 e. The lowest BCUT2D eigenvalue weighted by atomic mass is 10.1. The molecule has 3 aromatic rings. The fourth-order valence-corrected chi connectivity index (χ4v) is 5.64. The Morgan fingerprint density at radius 3 is 2.48 bits per heavy atom. The van der Waals surface area contributed by atoms with Crippen LogP contribution >= 0.6 is 11.8 Å². The van der Waals surface area contributed by atoms with Crippen LogP contribution in [0.1, 0.15) is 37.2 Å². The molecule has 2 fully saturated rings. The van der Waals surface area contributed by atoms with E-state index in [-0.39, 0.29) is 12.0 Å². The molecule has 0 spiro atoms. The SMILES string of the molecule is CC(C)N1CCC(Oc2ccc3c(c2)cc(C(=O)N2CCSCC2)n3-c2cncnc2)CC1. The van der Waals surface area contributed by atoms with Crippen LogP contribution in [0.15, 0.2) is 43.0 Å². The van der Waals surface area contributed by atoms with Gasteiger partial charge in [-0.1, -0.05) is 0 Å². The van der Waals surface area contributed by atoms with Gasteiger partial charge in [0.25, 0.3) is 5.91 Å². The molecule has 0 saturated carbocycles. The number of ether oxygens (including phenoxy) is 1. The minimum atomic E-state index is 0.0545. The molecule has 0 bridgehead atoms. The van der Waals surface area contributed by atoms with Gasteiger partial charge in [0.1, 0.15) is 23.9 Å². The molecule has 0 radical (unpaired) electrons. The molecule has 0 unspecified atom stereocenters. The number of hydrogen-bond acceptors (Lipinski definition) is 6. The quantitative estimate of drug-likeness (QED) is 0.570. The molecule has 0 atom stereocenters. The molecule has 2 aliphatic heterocycles. The predicted molar refractivity (Wildman–Crippen MR) is 132 cm³/mol. The summed E-state index contributed by atoms with van der Waals surface area (Å²) in [5, 5.41) is 0.991. The van der Waals surface area contributed by atoms with Gasteiger partial charge in [0.05, 0.1) is 23.6 Å². The van der Waals surface area contributed by atoms with Crippen molar-refractivity contribution in [2.24, 2.45) is 0 Å². The van der Waals surface area contributed by atoms with E-state index in [2.05, 4.69) is 34.8 Å². The zero-order chi connectivity index (χ0) is 22.8. The van der Waals surface area contributed by atoms with Crippen LogP contribution in [0.5, 0.6) is 5.75 Å². The van der Waals surface area contributed by atoms with E-state index in [1.165, 1.54) is 6.33 Å². The van der Waals surface area contributed by atoms with E-state index in [0.717, 1.165) is 72.9 Å². The van der Waals surface area contributed by atoms with Crippen molar-refractivity contribution in [2.75, 3.05) is 37.7 Å². The molecule has 33 heavy (non-hydrogen) atoms. The lowest BCUT2D eigenvalue weighted by Gasteiger charge is -2.34. The number of hydrogen-bond donors (Lipinski definition) is 0. The van der Waals surface area contributed by atoms with Crippen LogP contribution in [0.25, 0.3) is 16.6 Å². The number of piperidine rings is 1. The molecule has 7 nitrogen and oxygen atoms in total. The highest BCUT2D eigenvalue weighted by Gasteiger charge is 2.25. The second-order valence-corrected chi connectivity index (χ2v) is 10.3. The highest BCUT2D eigenvalue weighted by Crippen LogP contribution is 2.30. The summed E-state index contributed by atoms with van der Waals surface area (Å²) in [5.41, 5.74) is 2.40. The van der Waals surface area contributed by atoms with Crippen LogP contribution < -0.4 is 4.74 Å². The summed E-state index contributed by atoms with van der Waals surface area (Å²) in [7, 11) is 0. The smallest absolute Gasteiger partial charge is 0.270 e. The Bertz CT molecular complexity index is 1100. The van der Waals surface area contributed by atoms with Crippen molar-refractivity contribution < 1.29 is 9.53 Å². The van der Waals surface area contributed by atoms with Crippen molar-refractivity contribution in [3.05, 3.63) is 48.7 Å². The maximum Gasteiger partial charge on any atom is 0.270 e. The Labute approximate surface area is 199 Å². The van der Waals surface area contributed by atoms with E-state index in [4.69, 9.17) is 4.74 Å². The molecule has 2 aromatic heterocycles. The highest BCUT2D eigenvalue weighted by atomic mass is 32.2. The third-order valence-electron chi connectivity index (χ3n) is 6.61. The van der Waals surface area contributed by atoms with Crippen LogP contribution in [0.4, 0.5) is 0 Å². The van der Waals surface area contributed by atoms with Crippen LogP contribution in [-0.2, 0) is 0 Å². The third kappa shape index (κ3) is 4.73. The predicted octanol–water partition coefficient (Wildman–Crippen LogP) is 3.86. The number of carbonyl (C=O) groups excluding carboxylic acids is 1. The van der Waals surface area contributed by atoms with Gasteiger partial charge in [-0.15, -0.1) is 0 Å². The Balaban J connectivity index is 1.45. The number of carbonyl (C=O) groups is 1. The summed E-state index contributed by atoms with van der Waals surface area (Å²) in [6.07, 6.45) is 7.32. The van der Waals surface area contributed by atoms with Crippen LogP contribution in [-0.4, -0.2) is 80.1 Å². The molecule has 174 valence electrons. The van der Waals surface area contributed by atoms with Crippen LogP contribution in [0, 0.1) is 0 Å². The maximum atomic E-state index is 13.5. The molecule has 0 N–H and O–H groups in total. The van der Waals surface area contributed by atoms with Crippen molar-refractivity contribution in [1.29, 1.82) is 0 Å². The van der Waals surface area contributed by atoms with Crippen LogP contribution in [0.2, 0.25) is 0 Å². The van der Waals surface area contributed by atoms with Gasteiger partial charge in [-0.2, -0.15) is 11.8 Å². The van der Waals surface area contributed by atoms with Crippen molar-refractivity contribution in [2.45, 2.75) is 38.8 Å². The average molecular weight is 466 g/mol. The van der Waals surface area contributed by atoms with Gasteiger partial charge in [0, 0.05) is 49.1 Å². The Hall–Kier alpha value is -2.58. The summed E-state index contributed by atoms with van der Waals surface area (Å²) in [4.78, 5) is 26.3. The largest absolute Gasteiger partial charge is 0.490 e. The molecular formula is C25H31N5O2S. The maximum absolute atomic E-state index is 13.5. The second-order valence-electron chi connectivity index (χ2n) is 9.03. The second kappa shape index (κ2) is 9.73. The van der Waals surface area contributed by atoms with Crippen molar-refractivity contribution in [3.8, 4) is 11.4 Å². The number of rotatable bonds is 5. The van der Waals surface area contributed by atoms with Gasteiger partial charge in [-0.25, -0.2) is 9.97 Å². The number of likely N-dealkylation sites (tertiary alicyclic amines) is 1. The van der Waals surface area contributed by atoms with E-state index in [1.807, 2.05) is 39.4 Å². The number of thioether (sulfide) groups is 1. The van der Waals surface area contributed by atoms with Gasteiger partial charge in [-0.3, -0.25) is 4.79 Å². The first-order chi connectivity index (χ1) is 16.1. The van der Waals surface area contributed by atoms with E-state index < -0.39 is 0 Å². The molecule has 1 amide bonds. The van der Waals surface area contributed by atoms with Crippen molar-refractivity contribution in [3.63, 3.8) is 0 Å². The Kier molecular flexibility index (Phi) is 6.55. The molecule has 0 aliphatic carbocycles. The lowest BCUT2D eigenvalue weighted by molar-refractivity contribution is 0.0764. The summed E-state index contributed by atoms with van der Waals surface area (Å²) in [5.74, 6) is 2.88. The fourth-order valence-electron chi connectivity index (χ4n) is 4.74. The van der Waals surface area contributed by atoms with Crippen LogP contribution in [0.3, 0.4) is 0 Å². The first-order valence-electron chi connectivity index (χ1n) is 11.8. The molecule has 5 rings (SSSR count). The lowest BCUT2D eigenvalue weighted by Crippen LogP contribution is -2.41. The summed E-state index contributed by atoms with van der Waals surface area (Å²) < 4.78 is 8.34. The van der Waals surface area contributed by atoms with E-state index in [1.54, 1.807) is 12.4 Å². The van der Waals surface area contributed by atoms with E-state index in [0.29, 0.717) is 11.7 Å². The summed E-state index contributed by atoms with van der Waals surface area (Å²) >= 11 is 1.90. The third-order valence-corrected chi connectivity index (χ3v) is 7.55. The van der Waals surface area contributed by atoms with Gasteiger partial charge in [0.2, 0.25) is 0 Å². The zero-order valence-electron chi connectivity index (χ0n) is 19.3. The number of amides is 1. The molecular weight excluding hydrogens is 434 g/mol. The summed E-state index contributed by atoms with van der Waals surface area (Å²) in [6, 6.07) is 8.69. The average Bonchev–Trinajstić information content (AvgIpc) is 3.24. The first kappa shape index (κ1) is 22.2. The van der Waals surface area contributed by atoms with Crippen molar-refractivity contribution >= 4 is 28.6 Å².